The molecule has 0 fully saturated rings. The lowest BCUT2D eigenvalue weighted by molar-refractivity contribution is 0.469. The van der Waals surface area contributed by atoms with E-state index < -0.39 is 0 Å². The fourth-order valence-electron chi connectivity index (χ4n) is 2.02. The summed E-state index contributed by atoms with van der Waals surface area (Å²) in [4.78, 5) is 0. The predicted molar refractivity (Wildman–Crippen MR) is 74.8 cm³/mol. The van der Waals surface area contributed by atoms with Gasteiger partial charge in [-0.3, -0.25) is 0 Å². The summed E-state index contributed by atoms with van der Waals surface area (Å²) in [5.41, 5.74) is 1.42. The second kappa shape index (κ2) is 7.86. The minimum Gasteiger partial charge on any atom is -0.317 e. The average Bonchev–Trinajstić information content (AvgIpc) is 2.30. The molecule has 1 N–H and O–H groups in total. The van der Waals surface area contributed by atoms with Gasteiger partial charge in [-0.15, -0.1) is 0 Å². The van der Waals surface area contributed by atoms with E-state index in [1.807, 2.05) is 0 Å². The highest BCUT2D eigenvalue weighted by molar-refractivity contribution is 9.10. The molecule has 1 aromatic carbocycles. The van der Waals surface area contributed by atoms with Gasteiger partial charge in [-0.1, -0.05) is 47.5 Å². The molecule has 0 amide bonds. The SMILES string of the molecule is CCCC(CCCc1ccccc1Br)NC. The summed E-state index contributed by atoms with van der Waals surface area (Å²) in [5.74, 6) is 0. The third kappa shape index (κ3) is 4.67. The number of benzene rings is 1. The summed E-state index contributed by atoms with van der Waals surface area (Å²) in [6.45, 7) is 2.25. The van der Waals surface area contributed by atoms with Crippen LogP contribution in [0, 0.1) is 0 Å². The van der Waals surface area contributed by atoms with Gasteiger partial charge in [0.15, 0.2) is 0 Å². The molecular weight excluding hydrogens is 262 g/mol. The molecule has 16 heavy (non-hydrogen) atoms. The molecule has 0 spiro atoms. The summed E-state index contributed by atoms with van der Waals surface area (Å²) < 4.78 is 1.24. The van der Waals surface area contributed by atoms with Crippen molar-refractivity contribution in [3.63, 3.8) is 0 Å². The minimum atomic E-state index is 0.687. The standard InChI is InChI=1S/C14H22BrN/c1-3-7-13(16-2)10-6-9-12-8-4-5-11-14(12)15/h4-5,8,11,13,16H,3,6-7,9-10H2,1-2H3. The Kier molecular flexibility index (Phi) is 6.74. The monoisotopic (exact) mass is 283 g/mol. The molecule has 0 heterocycles. The molecule has 0 aliphatic heterocycles. The fraction of sp³-hybridized carbons (Fsp3) is 0.571. The number of hydrogen-bond acceptors (Lipinski definition) is 1. The number of rotatable bonds is 7. The Bertz CT molecular complexity index is 299. The van der Waals surface area contributed by atoms with Crippen molar-refractivity contribution in [3.8, 4) is 0 Å². The summed E-state index contributed by atoms with van der Waals surface area (Å²) in [6, 6.07) is 9.20. The Hall–Kier alpha value is -0.340. The van der Waals surface area contributed by atoms with Crippen LogP contribution in [0.4, 0.5) is 0 Å². The van der Waals surface area contributed by atoms with Crippen molar-refractivity contribution in [1.29, 1.82) is 0 Å². The summed E-state index contributed by atoms with van der Waals surface area (Å²) in [5, 5.41) is 3.39. The van der Waals surface area contributed by atoms with E-state index in [0.717, 1.165) is 0 Å². The molecule has 1 nitrogen and oxygen atoms in total. The summed E-state index contributed by atoms with van der Waals surface area (Å²) >= 11 is 3.60. The van der Waals surface area contributed by atoms with Crippen molar-refractivity contribution < 1.29 is 0 Å². The third-order valence-corrected chi connectivity index (χ3v) is 3.78. The van der Waals surface area contributed by atoms with Crippen molar-refractivity contribution in [2.24, 2.45) is 0 Å². The molecule has 90 valence electrons. The Morgan fingerprint density at radius 1 is 1.25 bits per heavy atom. The molecule has 0 bridgehead atoms. The first kappa shape index (κ1) is 13.7. The van der Waals surface area contributed by atoms with Crippen LogP contribution in [0.2, 0.25) is 0 Å². The van der Waals surface area contributed by atoms with Gasteiger partial charge in [0.25, 0.3) is 0 Å². The molecule has 0 saturated heterocycles. The largest absolute Gasteiger partial charge is 0.317 e. The van der Waals surface area contributed by atoms with Gasteiger partial charge in [-0.2, -0.15) is 0 Å². The van der Waals surface area contributed by atoms with E-state index in [9.17, 15) is 0 Å². The van der Waals surface area contributed by atoms with E-state index >= 15 is 0 Å². The van der Waals surface area contributed by atoms with Gasteiger partial charge in [0, 0.05) is 10.5 Å². The maximum Gasteiger partial charge on any atom is 0.0207 e. The lowest BCUT2D eigenvalue weighted by Crippen LogP contribution is -2.24. The lowest BCUT2D eigenvalue weighted by Gasteiger charge is -2.15. The van der Waals surface area contributed by atoms with Crippen LogP contribution in [0.3, 0.4) is 0 Å². The van der Waals surface area contributed by atoms with Gasteiger partial charge in [-0.05, 0) is 44.4 Å². The number of halogens is 1. The molecule has 0 aliphatic carbocycles. The molecule has 0 radical (unpaired) electrons. The summed E-state index contributed by atoms with van der Waals surface area (Å²) in [7, 11) is 2.07. The van der Waals surface area contributed by atoms with E-state index in [-0.39, 0.29) is 0 Å². The number of nitrogens with one attached hydrogen (secondary N) is 1. The maximum atomic E-state index is 3.60. The van der Waals surface area contributed by atoms with Gasteiger partial charge in [0.05, 0.1) is 0 Å². The van der Waals surface area contributed by atoms with E-state index in [2.05, 4.69) is 59.5 Å². The molecule has 1 rings (SSSR count). The Labute approximate surface area is 108 Å². The van der Waals surface area contributed by atoms with Gasteiger partial charge in [0.2, 0.25) is 0 Å². The second-order valence-corrected chi connectivity index (χ2v) is 5.11. The van der Waals surface area contributed by atoms with Gasteiger partial charge >= 0.3 is 0 Å². The quantitative estimate of drug-likeness (QED) is 0.792. The average molecular weight is 284 g/mol. The molecule has 1 aromatic rings. The third-order valence-electron chi connectivity index (χ3n) is 3.00. The van der Waals surface area contributed by atoms with Crippen molar-refractivity contribution >= 4 is 15.9 Å². The molecule has 1 unspecified atom stereocenters. The van der Waals surface area contributed by atoms with E-state index in [0.29, 0.717) is 6.04 Å². The van der Waals surface area contributed by atoms with Crippen LogP contribution in [0.15, 0.2) is 28.7 Å². The highest BCUT2D eigenvalue weighted by Crippen LogP contribution is 2.18. The second-order valence-electron chi connectivity index (χ2n) is 4.26. The normalized spacial score (nSPS) is 12.7. The van der Waals surface area contributed by atoms with Crippen molar-refractivity contribution in [2.45, 2.75) is 45.1 Å². The minimum absolute atomic E-state index is 0.687. The zero-order valence-corrected chi connectivity index (χ0v) is 11.9. The molecule has 0 aliphatic rings. The van der Waals surface area contributed by atoms with Crippen LogP contribution in [0.5, 0.6) is 0 Å². The molecule has 1 atom stereocenters. The number of hydrogen-bond donors (Lipinski definition) is 1. The van der Waals surface area contributed by atoms with Crippen LogP contribution in [0.1, 0.15) is 38.2 Å². The first-order chi connectivity index (χ1) is 7.77. The smallest absolute Gasteiger partial charge is 0.0207 e. The molecule has 2 heteroatoms. The van der Waals surface area contributed by atoms with Crippen molar-refractivity contribution in [3.05, 3.63) is 34.3 Å². The zero-order chi connectivity index (χ0) is 11.8. The van der Waals surface area contributed by atoms with Crippen LogP contribution in [0.25, 0.3) is 0 Å². The van der Waals surface area contributed by atoms with Gasteiger partial charge in [-0.25, -0.2) is 0 Å². The van der Waals surface area contributed by atoms with E-state index in [1.165, 1.54) is 42.1 Å². The van der Waals surface area contributed by atoms with Crippen LogP contribution < -0.4 is 5.32 Å². The zero-order valence-electron chi connectivity index (χ0n) is 10.3. The molecule has 0 saturated carbocycles. The summed E-state index contributed by atoms with van der Waals surface area (Å²) in [6.07, 6.45) is 6.25. The van der Waals surface area contributed by atoms with Crippen molar-refractivity contribution in [1.82, 2.24) is 5.32 Å². The Morgan fingerprint density at radius 3 is 2.62 bits per heavy atom. The lowest BCUT2D eigenvalue weighted by atomic mass is 10.0. The Balaban J connectivity index is 2.32. The highest BCUT2D eigenvalue weighted by atomic mass is 79.9. The topological polar surface area (TPSA) is 12.0 Å². The van der Waals surface area contributed by atoms with Gasteiger partial charge < -0.3 is 5.32 Å². The van der Waals surface area contributed by atoms with Crippen LogP contribution >= 0.6 is 15.9 Å². The van der Waals surface area contributed by atoms with E-state index in [1.54, 1.807) is 0 Å². The first-order valence-corrected chi connectivity index (χ1v) is 6.98. The van der Waals surface area contributed by atoms with Gasteiger partial charge in [0.1, 0.15) is 0 Å². The number of aryl methyl sites for hydroxylation is 1. The maximum absolute atomic E-state index is 3.60. The highest BCUT2D eigenvalue weighted by Gasteiger charge is 2.05. The first-order valence-electron chi connectivity index (χ1n) is 6.18. The fourth-order valence-corrected chi connectivity index (χ4v) is 2.50. The van der Waals surface area contributed by atoms with Crippen LogP contribution in [-0.4, -0.2) is 13.1 Å². The van der Waals surface area contributed by atoms with E-state index in [4.69, 9.17) is 0 Å². The van der Waals surface area contributed by atoms with Crippen LogP contribution in [-0.2, 0) is 6.42 Å². The molecule has 0 aromatic heterocycles. The Morgan fingerprint density at radius 2 is 2.00 bits per heavy atom. The van der Waals surface area contributed by atoms with Crippen molar-refractivity contribution in [2.75, 3.05) is 7.05 Å². The predicted octanol–water partition coefficient (Wildman–Crippen LogP) is 4.16. The molecular formula is C14H22BrN.